The van der Waals surface area contributed by atoms with E-state index in [0.29, 0.717) is 26.1 Å². The Morgan fingerprint density at radius 2 is 1.96 bits per heavy atom. The second-order valence-electron chi connectivity index (χ2n) is 6.74. The molecule has 0 bridgehead atoms. The Balaban J connectivity index is 1.74. The number of aromatic nitrogens is 2. The fraction of sp³-hybridized carbons (Fsp3) is 0.364. The maximum absolute atomic E-state index is 11.8. The lowest BCUT2D eigenvalue weighted by atomic mass is 10.1. The molecule has 0 radical (unpaired) electrons. The molecule has 3 aromatic rings. The lowest BCUT2D eigenvalue weighted by Crippen LogP contribution is -2.24. The first-order valence-electron chi connectivity index (χ1n) is 9.50. The summed E-state index contributed by atoms with van der Waals surface area (Å²) in [6.07, 6.45) is 1.38. The number of aryl methyl sites for hydroxylation is 1. The van der Waals surface area contributed by atoms with Crippen molar-refractivity contribution in [1.82, 2.24) is 14.9 Å². The van der Waals surface area contributed by atoms with Crippen LogP contribution in [-0.2, 0) is 17.9 Å². The van der Waals surface area contributed by atoms with Crippen molar-refractivity contribution in [1.29, 1.82) is 0 Å². The summed E-state index contributed by atoms with van der Waals surface area (Å²) >= 11 is 0. The number of benzene rings is 2. The van der Waals surface area contributed by atoms with Gasteiger partial charge < -0.3 is 14.6 Å². The highest BCUT2D eigenvalue weighted by Crippen LogP contribution is 2.21. The van der Waals surface area contributed by atoms with E-state index in [-0.39, 0.29) is 5.91 Å². The Hall–Kier alpha value is -2.82. The van der Waals surface area contributed by atoms with Gasteiger partial charge in [0.1, 0.15) is 18.2 Å². The molecule has 1 aromatic heterocycles. The highest BCUT2D eigenvalue weighted by Gasteiger charge is 2.12. The van der Waals surface area contributed by atoms with Crippen LogP contribution in [0.15, 0.2) is 42.5 Å². The van der Waals surface area contributed by atoms with Crippen LogP contribution < -0.4 is 10.1 Å². The maximum Gasteiger partial charge on any atom is 0.220 e. The first-order chi connectivity index (χ1) is 13.1. The first-order valence-corrected chi connectivity index (χ1v) is 9.50. The number of imidazole rings is 1. The molecule has 0 saturated heterocycles. The van der Waals surface area contributed by atoms with Crippen LogP contribution >= 0.6 is 0 Å². The largest absolute Gasteiger partial charge is 0.491 e. The molecule has 0 aliphatic heterocycles. The Kier molecular flexibility index (Phi) is 6.12. The van der Waals surface area contributed by atoms with Crippen LogP contribution in [-0.4, -0.2) is 22.1 Å². The van der Waals surface area contributed by atoms with Gasteiger partial charge in [-0.2, -0.15) is 0 Å². The van der Waals surface area contributed by atoms with Crippen molar-refractivity contribution in [3.05, 3.63) is 59.4 Å². The van der Waals surface area contributed by atoms with E-state index in [1.807, 2.05) is 37.3 Å². The Morgan fingerprint density at radius 1 is 1.15 bits per heavy atom. The average Bonchev–Trinajstić information content (AvgIpc) is 3.01. The molecule has 142 valence electrons. The molecule has 0 aliphatic carbocycles. The number of fused-ring (bicyclic) bond motifs is 1. The minimum absolute atomic E-state index is 0.0581. The summed E-state index contributed by atoms with van der Waals surface area (Å²) in [5.41, 5.74) is 4.38. The van der Waals surface area contributed by atoms with Gasteiger partial charge in [-0.25, -0.2) is 4.98 Å². The molecular weight excluding hydrogens is 338 g/mol. The van der Waals surface area contributed by atoms with Crippen molar-refractivity contribution in [3.63, 3.8) is 0 Å². The molecule has 5 nitrogen and oxygen atoms in total. The third kappa shape index (κ3) is 4.48. The predicted octanol–water partition coefficient (Wildman–Crippen LogP) is 4.15. The number of para-hydroxylation sites is 2. The van der Waals surface area contributed by atoms with E-state index in [9.17, 15) is 4.79 Å². The number of nitrogens with zero attached hydrogens (tertiary/aromatic N) is 2. The minimum Gasteiger partial charge on any atom is -0.491 e. The number of ether oxygens (including phenoxy) is 1. The van der Waals surface area contributed by atoms with Crippen LogP contribution in [0.3, 0.4) is 0 Å². The average molecular weight is 365 g/mol. The predicted molar refractivity (Wildman–Crippen MR) is 108 cm³/mol. The Morgan fingerprint density at radius 3 is 2.78 bits per heavy atom. The van der Waals surface area contributed by atoms with Crippen molar-refractivity contribution in [2.75, 3.05) is 6.61 Å². The summed E-state index contributed by atoms with van der Waals surface area (Å²) < 4.78 is 8.15. The van der Waals surface area contributed by atoms with Crippen molar-refractivity contribution in [3.8, 4) is 5.75 Å². The molecule has 5 heteroatoms. The van der Waals surface area contributed by atoms with Gasteiger partial charge in [-0.15, -0.1) is 0 Å². The quantitative estimate of drug-likeness (QED) is 0.652. The van der Waals surface area contributed by atoms with E-state index < -0.39 is 0 Å². The van der Waals surface area contributed by atoms with Crippen molar-refractivity contribution in [2.24, 2.45) is 0 Å². The molecular formula is C22H27N3O2. The van der Waals surface area contributed by atoms with Crippen LogP contribution in [0.25, 0.3) is 11.0 Å². The van der Waals surface area contributed by atoms with E-state index >= 15 is 0 Å². The number of carbonyl (C=O) groups excluding carboxylic acids is 1. The zero-order valence-corrected chi connectivity index (χ0v) is 16.3. The third-order valence-electron chi connectivity index (χ3n) is 4.78. The second kappa shape index (κ2) is 8.71. The third-order valence-corrected chi connectivity index (χ3v) is 4.78. The topological polar surface area (TPSA) is 56.2 Å². The van der Waals surface area contributed by atoms with Gasteiger partial charge in [-0.3, -0.25) is 4.79 Å². The summed E-state index contributed by atoms with van der Waals surface area (Å²) in [5, 5.41) is 2.96. The maximum atomic E-state index is 11.8. The molecule has 0 fully saturated rings. The normalized spacial score (nSPS) is 10.9. The molecule has 3 rings (SSSR count). The van der Waals surface area contributed by atoms with Crippen molar-refractivity contribution in [2.45, 2.75) is 46.7 Å². The van der Waals surface area contributed by atoms with Crippen LogP contribution in [0.2, 0.25) is 0 Å². The molecule has 0 unspecified atom stereocenters. The Bertz CT molecular complexity index is 930. The van der Waals surface area contributed by atoms with Gasteiger partial charge in [0, 0.05) is 6.42 Å². The summed E-state index contributed by atoms with van der Waals surface area (Å²) in [6, 6.07) is 14.1. The fourth-order valence-electron chi connectivity index (χ4n) is 3.13. The van der Waals surface area contributed by atoms with Crippen LogP contribution in [0.4, 0.5) is 0 Å². The van der Waals surface area contributed by atoms with E-state index in [1.54, 1.807) is 0 Å². The SMILES string of the molecule is CCCC(=O)NCc1nc2ccccc2n1CCOc1cccc(C)c1C. The van der Waals surface area contributed by atoms with Gasteiger partial charge in [-0.05, 0) is 49.6 Å². The highest BCUT2D eigenvalue weighted by molar-refractivity contribution is 5.77. The zero-order chi connectivity index (χ0) is 19.2. The molecule has 0 aliphatic rings. The monoisotopic (exact) mass is 365 g/mol. The lowest BCUT2D eigenvalue weighted by molar-refractivity contribution is -0.121. The van der Waals surface area contributed by atoms with E-state index in [0.717, 1.165) is 29.0 Å². The molecule has 0 spiro atoms. The number of hydrogen-bond acceptors (Lipinski definition) is 3. The number of nitrogens with one attached hydrogen (secondary N) is 1. The molecule has 27 heavy (non-hydrogen) atoms. The molecule has 1 heterocycles. The fourth-order valence-corrected chi connectivity index (χ4v) is 3.13. The summed E-state index contributed by atoms with van der Waals surface area (Å²) in [4.78, 5) is 16.5. The molecule has 2 aromatic carbocycles. The Labute approximate surface area is 160 Å². The summed E-state index contributed by atoms with van der Waals surface area (Å²) in [6.45, 7) is 7.80. The molecule has 0 atom stereocenters. The standard InChI is InChI=1S/C22H27N3O2/c1-4-8-22(26)23-15-21-24-18-10-5-6-11-19(18)25(21)13-14-27-20-12-7-9-16(2)17(20)3/h5-7,9-12H,4,8,13-15H2,1-3H3,(H,23,26). The molecule has 1 N–H and O–H groups in total. The first kappa shape index (κ1) is 19.0. The van der Waals surface area contributed by atoms with E-state index in [1.165, 1.54) is 11.1 Å². The molecule has 1 amide bonds. The zero-order valence-electron chi connectivity index (χ0n) is 16.3. The minimum atomic E-state index is 0.0581. The number of carbonyl (C=O) groups is 1. The van der Waals surface area contributed by atoms with Gasteiger partial charge in [0.2, 0.25) is 5.91 Å². The van der Waals surface area contributed by atoms with E-state index in [2.05, 4.69) is 35.9 Å². The van der Waals surface area contributed by atoms with E-state index in [4.69, 9.17) is 9.72 Å². The van der Waals surface area contributed by atoms with Crippen LogP contribution in [0.5, 0.6) is 5.75 Å². The number of rotatable bonds is 8. The van der Waals surface area contributed by atoms with Gasteiger partial charge >= 0.3 is 0 Å². The summed E-state index contributed by atoms with van der Waals surface area (Å²) in [5.74, 6) is 1.82. The van der Waals surface area contributed by atoms with Crippen molar-refractivity contribution >= 4 is 16.9 Å². The molecule has 0 saturated carbocycles. The smallest absolute Gasteiger partial charge is 0.220 e. The van der Waals surface area contributed by atoms with Crippen molar-refractivity contribution < 1.29 is 9.53 Å². The highest BCUT2D eigenvalue weighted by atomic mass is 16.5. The van der Waals surface area contributed by atoms with Gasteiger partial charge in [-0.1, -0.05) is 31.2 Å². The van der Waals surface area contributed by atoms with Crippen LogP contribution in [0.1, 0.15) is 36.7 Å². The van der Waals surface area contributed by atoms with Gasteiger partial charge in [0.15, 0.2) is 0 Å². The number of amides is 1. The number of hydrogen-bond donors (Lipinski definition) is 1. The van der Waals surface area contributed by atoms with Crippen LogP contribution in [0, 0.1) is 13.8 Å². The summed E-state index contributed by atoms with van der Waals surface area (Å²) in [7, 11) is 0. The second-order valence-corrected chi connectivity index (χ2v) is 6.74. The lowest BCUT2D eigenvalue weighted by Gasteiger charge is -2.13. The van der Waals surface area contributed by atoms with Gasteiger partial charge in [0.25, 0.3) is 0 Å². The van der Waals surface area contributed by atoms with Gasteiger partial charge in [0.05, 0.1) is 24.1 Å².